The smallest absolute Gasteiger partial charge is 0.311 e. The van der Waals surface area contributed by atoms with E-state index in [9.17, 15) is 14.9 Å². The van der Waals surface area contributed by atoms with Crippen LogP contribution in [-0.2, 0) is 4.74 Å². The Labute approximate surface area is 97.3 Å². The van der Waals surface area contributed by atoms with Crippen LogP contribution < -0.4 is 4.74 Å². The molecule has 2 rings (SSSR count). The maximum atomic E-state index is 11.1. The van der Waals surface area contributed by atoms with E-state index in [1.54, 1.807) is 0 Å². The molecule has 0 bridgehead atoms. The largest absolute Gasteiger partial charge is 0.479 e. The number of ketones is 1. The van der Waals surface area contributed by atoms with E-state index in [0.29, 0.717) is 18.8 Å². The van der Waals surface area contributed by atoms with Gasteiger partial charge in [-0.15, -0.1) is 0 Å². The molecule has 0 spiro atoms. The summed E-state index contributed by atoms with van der Waals surface area (Å²) in [5.74, 6) is -0.0417. The van der Waals surface area contributed by atoms with Gasteiger partial charge < -0.3 is 9.47 Å². The Bertz CT molecular complexity index is 467. The molecule has 0 aliphatic carbocycles. The molecule has 1 fully saturated rings. The summed E-state index contributed by atoms with van der Waals surface area (Å²) in [7, 11) is 0. The molecule has 90 valence electrons. The number of nitrogens with zero attached hydrogens (tertiary/aromatic N) is 1. The third-order valence-electron chi connectivity index (χ3n) is 2.46. The van der Waals surface area contributed by atoms with Crippen LogP contribution in [-0.4, -0.2) is 30.0 Å². The van der Waals surface area contributed by atoms with Crippen LogP contribution in [0.25, 0.3) is 0 Å². The molecule has 0 N–H and O–H groups in total. The Morgan fingerprint density at radius 1 is 1.53 bits per heavy atom. The summed E-state index contributed by atoms with van der Waals surface area (Å²) in [5, 5.41) is 10.9. The zero-order valence-electron chi connectivity index (χ0n) is 9.21. The molecule has 6 nitrogen and oxygen atoms in total. The van der Waals surface area contributed by atoms with E-state index >= 15 is 0 Å². The molecule has 0 radical (unpaired) electrons. The number of rotatable bonds is 4. The van der Waals surface area contributed by atoms with Crippen LogP contribution in [0.1, 0.15) is 17.3 Å². The molecule has 0 atom stereocenters. The number of ether oxygens (including phenoxy) is 2. The van der Waals surface area contributed by atoms with Crippen molar-refractivity contribution in [1.29, 1.82) is 0 Å². The zero-order valence-corrected chi connectivity index (χ0v) is 9.21. The molecule has 0 saturated carbocycles. The molecule has 1 aliphatic rings. The number of carbonyl (C=O) groups excluding carboxylic acids is 1. The highest BCUT2D eigenvalue weighted by Crippen LogP contribution is 2.30. The number of carbonyl (C=O) groups is 1. The molecule has 6 heteroatoms. The number of Topliss-reactive ketones (excluding diaryl/α,β-unsaturated/α-hetero) is 1. The van der Waals surface area contributed by atoms with Gasteiger partial charge in [0.25, 0.3) is 0 Å². The van der Waals surface area contributed by atoms with Crippen molar-refractivity contribution < 1.29 is 19.2 Å². The summed E-state index contributed by atoms with van der Waals surface area (Å²) in [5.41, 5.74) is 0.110. The second-order valence-corrected chi connectivity index (χ2v) is 3.77. The van der Waals surface area contributed by atoms with Gasteiger partial charge in [0.2, 0.25) is 0 Å². The van der Waals surface area contributed by atoms with E-state index in [-0.39, 0.29) is 23.3 Å². The molecule has 0 unspecified atom stereocenters. The van der Waals surface area contributed by atoms with Crippen molar-refractivity contribution >= 4 is 11.5 Å². The normalized spacial score (nSPS) is 15.1. The minimum atomic E-state index is -0.554. The molecule has 1 aliphatic heterocycles. The van der Waals surface area contributed by atoms with E-state index in [4.69, 9.17) is 9.47 Å². The minimum absolute atomic E-state index is 0.142. The molecular weight excluding hydrogens is 226 g/mol. The van der Waals surface area contributed by atoms with Crippen molar-refractivity contribution in [3.05, 3.63) is 33.9 Å². The van der Waals surface area contributed by atoms with Gasteiger partial charge in [-0.2, -0.15) is 0 Å². The molecule has 1 saturated heterocycles. The van der Waals surface area contributed by atoms with Crippen molar-refractivity contribution in [3.63, 3.8) is 0 Å². The molecular formula is C11H11NO5. The number of hydrogen-bond donors (Lipinski definition) is 0. The van der Waals surface area contributed by atoms with Crippen LogP contribution in [0, 0.1) is 10.1 Å². The lowest BCUT2D eigenvalue weighted by atomic mass is 10.1. The van der Waals surface area contributed by atoms with Gasteiger partial charge in [-0.25, -0.2) is 0 Å². The SMILES string of the molecule is CC(=O)c1ccc(OC2COC2)c([N+](=O)[O-])c1. The molecule has 1 aromatic carbocycles. The molecule has 0 aromatic heterocycles. The quantitative estimate of drug-likeness (QED) is 0.451. The first-order chi connectivity index (χ1) is 8.08. The van der Waals surface area contributed by atoms with Crippen LogP contribution in [0.4, 0.5) is 5.69 Å². The van der Waals surface area contributed by atoms with Crippen LogP contribution in [0.5, 0.6) is 5.75 Å². The Morgan fingerprint density at radius 2 is 2.24 bits per heavy atom. The monoisotopic (exact) mass is 237 g/mol. The lowest BCUT2D eigenvalue weighted by Crippen LogP contribution is -2.38. The van der Waals surface area contributed by atoms with Crippen LogP contribution in [0.15, 0.2) is 18.2 Å². The van der Waals surface area contributed by atoms with Gasteiger partial charge in [-0.3, -0.25) is 14.9 Å². The standard InChI is InChI=1S/C11H11NO5/c1-7(13)8-2-3-11(10(4-8)12(14)15)17-9-5-16-6-9/h2-4,9H,5-6H2,1H3. The van der Waals surface area contributed by atoms with E-state index in [1.807, 2.05) is 0 Å². The summed E-state index contributed by atoms with van der Waals surface area (Å²) in [6.07, 6.45) is -0.142. The third-order valence-corrected chi connectivity index (χ3v) is 2.46. The highest BCUT2D eigenvalue weighted by atomic mass is 16.6. The van der Waals surface area contributed by atoms with Crippen molar-refractivity contribution in [1.82, 2.24) is 0 Å². The fraction of sp³-hybridized carbons (Fsp3) is 0.364. The lowest BCUT2D eigenvalue weighted by Gasteiger charge is -2.26. The maximum Gasteiger partial charge on any atom is 0.311 e. The predicted octanol–water partition coefficient (Wildman–Crippen LogP) is 1.57. The number of benzene rings is 1. The summed E-state index contributed by atoms with van der Waals surface area (Å²) in [6.45, 7) is 2.23. The average Bonchev–Trinajstić information content (AvgIpc) is 2.23. The summed E-state index contributed by atoms with van der Waals surface area (Å²) < 4.78 is 10.3. The highest BCUT2D eigenvalue weighted by Gasteiger charge is 2.25. The maximum absolute atomic E-state index is 11.1. The summed E-state index contributed by atoms with van der Waals surface area (Å²) in [4.78, 5) is 21.5. The number of nitro benzene ring substituents is 1. The van der Waals surface area contributed by atoms with Gasteiger partial charge >= 0.3 is 5.69 Å². The highest BCUT2D eigenvalue weighted by molar-refractivity contribution is 5.95. The first kappa shape index (κ1) is 11.5. The lowest BCUT2D eigenvalue weighted by molar-refractivity contribution is -0.386. The van der Waals surface area contributed by atoms with E-state index in [2.05, 4.69) is 0 Å². The molecule has 0 amide bonds. The van der Waals surface area contributed by atoms with E-state index in [0.717, 1.165) is 0 Å². The van der Waals surface area contributed by atoms with Gasteiger partial charge in [0.1, 0.15) is 6.10 Å². The van der Waals surface area contributed by atoms with Crippen LogP contribution in [0.3, 0.4) is 0 Å². The van der Waals surface area contributed by atoms with E-state index < -0.39 is 4.92 Å². The predicted molar refractivity (Wildman–Crippen MR) is 58.3 cm³/mol. The molecule has 1 aromatic rings. The summed E-state index contributed by atoms with van der Waals surface area (Å²) >= 11 is 0. The molecule has 1 heterocycles. The van der Waals surface area contributed by atoms with Crippen molar-refractivity contribution in [2.45, 2.75) is 13.0 Å². The fourth-order valence-electron chi connectivity index (χ4n) is 1.44. The molecule has 17 heavy (non-hydrogen) atoms. The number of nitro groups is 1. The van der Waals surface area contributed by atoms with Gasteiger partial charge in [-0.05, 0) is 19.1 Å². The first-order valence-corrected chi connectivity index (χ1v) is 5.11. The van der Waals surface area contributed by atoms with E-state index in [1.165, 1.54) is 25.1 Å². The van der Waals surface area contributed by atoms with Crippen molar-refractivity contribution in [2.75, 3.05) is 13.2 Å². The Hall–Kier alpha value is -1.95. The van der Waals surface area contributed by atoms with Gasteiger partial charge in [0, 0.05) is 11.6 Å². The Balaban J connectivity index is 2.30. The number of hydrogen-bond acceptors (Lipinski definition) is 5. The Kier molecular flexibility index (Phi) is 3.06. The van der Waals surface area contributed by atoms with Crippen LogP contribution in [0.2, 0.25) is 0 Å². The average molecular weight is 237 g/mol. The van der Waals surface area contributed by atoms with Crippen LogP contribution >= 0.6 is 0 Å². The van der Waals surface area contributed by atoms with Gasteiger partial charge in [0.15, 0.2) is 11.5 Å². The fourth-order valence-corrected chi connectivity index (χ4v) is 1.44. The minimum Gasteiger partial charge on any atom is -0.479 e. The Morgan fingerprint density at radius 3 is 2.71 bits per heavy atom. The second-order valence-electron chi connectivity index (χ2n) is 3.77. The third kappa shape index (κ3) is 2.42. The van der Waals surface area contributed by atoms with Gasteiger partial charge in [0.05, 0.1) is 18.1 Å². The summed E-state index contributed by atoms with van der Waals surface area (Å²) in [6, 6.07) is 4.20. The van der Waals surface area contributed by atoms with Crippen molar-refractivity contribution in [3.8, 4) is 5.75 Å². The van der Waals surface area contributed by atoms with Crippen molar-refractivity contribution in [2.24, 2.45) is 0 Å². The first-order valence-electron chi connectivity index (χ1n) is 5.11. The van der Waals surface area contributed by atoms with Gasteiger partial charge in [-0.1, -0.05) is 0 Å². The zero-order chi connectivity index (χ0) is 12.4. The second kappa shape index (κ2) is 4.50. The topological polar surface area (TPSA) is 78.7 Å².